The van der Waals surface area contributed by atoms with Crippen LogP contribution in [0.3, 0.4) is 0 Å². The van der Waals surface area contributed by atoms with Gasteiger partial charge in [0.1, 0.15) is 23.3 Å². The fraction of sp³-hybridized carbons (Fsp3) is 0.250. The first-order valence-corrected chi connectivity index (χ1v) is 7.08. The molecule has 0 amide bonds. The summed E-state index contributed by atoms with van der Waals surface area (Å²) in [6.45, 7) is 2.22. The second-order valence-corrected chi connectivity index (χ2v) is 4.81. The second kappa shape index (κ2) is 7.53. The summed E-state index contributed by atoms with van der Waals surface area (Å²) in [6.07, 6.45) is -0.267. The first kappa shape index (κ1) is 16.7. The summed E-state index contributed by atoms with van der Waals surface area (Å²) in [5, 5.41) is 2.90. The highest BCUT2D eigenvalue weighted by Gasteiger charge is 2.15. The number of nitrogen functional groups attached to an aromatic ring is 1. The maximum Gasteiger partial charge on any atom is 0.310 e. The Labute approximate surface area is 132 Å². The maximum atomic E-state index is 14.1. The normalized spacial score (nSPS) is 10.4. The van der Waals surface area contributed by atoms with Crippen LogP contribution in [0.4, 0.5) is 20.4 Å². The van der Waals surface area contributed by atoms with Gasteiger partial charge in [0.05, 0.1) is 13.0 Å². The quantitative estimate of drug-likeness (QED) is 0.800. The molecule has 5 nitrogen and oxygen atoms in total. The number of nitrogens with one attached hydrogen (secondary N) is 1. The van der Waals surface area contributed by atoms with Crippen molar-refractivity contribution in [2.75, 3.05) is 17.7 Å². The number of hydrogen-bond acceptors (Lipinski definition) is 5. The fourth-order valence-corrected chi connectivity index (χ4v) is 1.98. The van der Waals surface area contributed by atoms with Gasteiger partial charge in [-0.3, -0.25) is 4.79 Å². The van der Waals surface area contributed by atoms with Gasteiger partial charge in [0, 0.05) is 18.2 Å². The summed E-state index contributed by atoms with van der Waals surface area (Å²) < 4.78 is 31.7. The number of anilines is 2. The zero-order valence-electron chi connectivity index (χ0n) is 12.6. The van der Waals surface area contributed by atoms with Gasteiger partial charge in [0.2, 0.25) is 0 Å². The predicted octanol–water partition coefficient (Wildman–Crippen LogP) is 2.66. The number of benzene rings is 1. The van der Waals surface area contributed by atoms with Crippen LogP contribution in [0.25, 0.3) is 0 Å². The van der Waals surface area contributed by atoms with Gasteiger partial charge >= 0.3 is 5.97 Å². The van der Waals surface area contributed by atoms with Gasteiger partial charge in [0.25, 0.3) is 0 Å². The van der Waals surface area contributed by atoms with Gasteiger partial charge in [0.15, 0.2) is 0 Å². The third-order valence-corrected chi connectivity index (χ3v) is 3.12. The summed E-state index contributed by atoms with van der Waals surface area (Å²) in [4.78, 5) is 15.4. The van der Waals surface area contributed by atoms with Gasteiger partial charge in [-0.15, -0.1) is 0 Å². The Morgan fingerprint density at radius 2 is 2.00 bits per heavy atom. The number of rotatable bonds is 6. The molecule has 2 aromatic rings. The van der Waals surface area contributed by atoms with E-state index in [9.17, 15) is 13.6 Å². The SMILES string of the molecule is CCOC(=O)Cc1c([18F])cc(NCc2ccc(F)cc2)nc1N. The van der Waals surface area contributed by atoms with E-state index in [1.165, 1.54) is 12.1 Å². The van der Waals surface area contributed by atoms with Gasteiger partial charge in [-0.1, -0.05) is 12.1 Å². The Kier molecular flexibility index (Phi) is 5.46. The molecule has 1 heterocycles. The Hall–Kier alpha value is -2.70. The number of halogens is 2. The van der Waals surface area contributed by atoms with Crippen molar-refractivity contribution in [1.29, 1.82) is 0 Å². The van der Waals surface area contributed by atoms with Crippen LogP contribution in [0.5, 0.6) is 0 Å². The van der Waals surface area contributed by atoms with E-state index in [-0.39, 0.29) is 36.0 Å². The Balaban J connectivity index is 2.06. The minimum absolute atomic E-state index is 0.00998. The van der Waals surface area contributed by atoms with Crippen LogP contribution < -0.4 is 11.1 Å². The van der Waals surface area contributed by atoms with E-state index in [0.717, 1.165) is 11.6 Å². The number of carbonyl (C=O) groups is 1. The van der Waals surface area contributed by atoms with Crippen LogP contribution in [-0.4, -0.2) is 17.6 Å². The van der Waals surface area contributed by atoms with E-state index in [4.69, 9.17) is 10.5 Å². The standard InChI is InChI=1S/C16H17F2N3O2/c1-2-23-15(22)7-12-13(18)8-14(21-16(12)19)20-9-10-3-5-11(17)6-4-10/h3-6,8H,2,7,9H2,1H3,(H3,19,20,21)/i18-1. The van der Waals surface area contributed by atoms with E-state index in [0.29, 0.717) is 6.54 Å². The lowest BCUT2D eigenvalue weighted by Crippen LogP contribution is -2.13. The Morgan fingerprint density at radius 3 is 2.61 bits per heavy atom. The van der Waals surface area contributed by atoms with Crippen molar-refractivity contribution in [3.8, 4) is 0 Å². The largest absolute Gasteiger partial charge is 0.466 e. The zero-order chi connectivity index (χ0) is 16.8. The first-order chi connectivity index (χ1) is 11.0. The number of nitrogens with two attached hydrogens (primary N) is 1. The summed E-state index contributed by atoms with van der Waals surface area (Å²) in [7, 11) is 0. The first-order valence-electron chi connectivity index (χ1n) is 7.08. The molecule has 0 atom stereocenters. The molecule has 3 N–H and O–H groups in total. The van der Waals surface area contributed by atoms with Crippen molar-refractivity contribution in [3.05, 3.63) is 53.1 Å². The molecule has 0 saturated carbocycles. The molecule has 23 heavy (non-hydrogen) atoms. The lowest BCUT2D eigenvalue weighted by molar-refractivity contribution is -0.142. The molecular formula is C16H17F2N3O2. The monoisotopic (exact) mass is 320 g/mol. The zero-order valence-corrected chi connectivity index (χ0v) is 12.6. The number of pyridine rings is 1. The lowest BCUT2D eigenvalue weighted by Gasteiger charge is -2.10. The van der Waals surface area contributed by atoms with Crippen LogP contribution in [0.15, 0.2) is 30.3 Å². The maximum absolute atomic E-state index is 14.1. The average molecular weight is 320 g/mol. The van der Waals surface area contributed by atoms with Crippen molar-refractivity contribution in [1.82, 2.24) is 4.98 Å². The minimum atomic E-state index is -0.632. The van der Waals surface area contributed by atoms with Crippen molar-refractivity contribution in [3.63, 3.8) is 0 Å². The van der Waals surface area contributed by atoms with Gasteiger partial charge < -0.3 is 15.8 Å². The molecule has 0 aliphatic carbocycles. The smallest absolute Gasteiger partial charge is 0.310 e. The predicted molar refractivity (Wildman–Crippen MR) is 82.7 cm³/mol. The van der Waals surface area contributed by atoms with Gasteiger partial charge in [-0.25, -0.2) is 13.8 Å². The van der Waals surface area contributed by atoms with Crippen LogP contribution in [-0.2, 0) is 22.5 Å². The molecule has 0 radical (unpaired) electrons. The molecule has 0 fully saturated rings. The van der Waals surface area contributed by atoms with Crippen molar-refractivity contribution >= 4 is 17.6 Å². The molecule has 0 aliphatic rings. The molecule has 0 bridgehead atoms. The average Bonchev–Trinajstić information content (AvgIpc) is 2.51. The molecule has 0 saturated heterocycles. The summed E-state index contributed by atoms with van der Waals surface area (Å²) in [6, 6.07) is 7.05. The summed E-state index contributed by atoms with van der Waals surface area (Å²) in [5.41, 5.74) is 6.53. The number of carbonyl (C=O) groups excluding carboxylic acids is 1. The van der Waals surface area contributed by atoms with Crippen LogP contribution in [0.2, 0.25) is 0 Å². The molecule has 0 aliphatic heterocycles. The molecule has 0 unspecified atom stereocenters. The van der Waals surface area contributed by atoms with E-state index in [1.807, 2.05) is 0 Å². The number of hydrogen-bond donors (Lipinski definition) is 2. The lowest BCUT2D eigenvalue weighted by atomic mass is 10.1. The fourth-order valence-electron chi connectivity index (χ4n) is 1.98. The molecule has 2 rings (SSSR count). The molecule has 122 valence electrons. The molecule has 1 aromatic carbocycles. The van der Waals surface area contributed by atoms with E-state index >= 15 is 0 Å². The third kappa shape index (κ3) is 4.64. The number of esters is 1. The third-order valence-electron chi connectivity index (χ3n) is 3.12. The van der Waals surface area contributed by atoms with Crippen molar-refractivity contribution < 1.29 is 18.3 Å². The van der Waals surface area contributed by atoms with Gasteiger partial charge in [-0.2, -0.15) is 0 Å². The van der Waals surface area contributed by atoms with Crippen molar-refractivity contribution in [2.45, 2.75) is 19.9 Å². The molecule has 1 aromatic heterocycles. The number of aromatic nitrogens is 1. The number of nitrogens with zero attached hydrogens (tertiary/aromatic N) is 1. The Morgan fingerprint density at radius 1 is 1.30 bits per heavy atom. The Bertz CT molecular complexity index is 667. The molecular weight excluding hydrogens is 303 g/mol. The summed E-state index contributed by atoms with van der Waals surface area (Å²) >= 11 is 0. The second-order valence-electron chi connectivity index (χ2n) is 4.81. The highest BCUT2D eigenvalue weighted by atomic mass is 19.1. The highest BCUT2D eigenvalue weighted by molar-refractivity contribution is 5.74. The van der Waals surface area contributed by atoms with Crippen LogP contribution in [0, 0.1) is 11.6 Å². The molecule has 7 heteroatoms. The topological polar surface area (TPSA) is 77.2 Å². The molecule has 0 spiro atoms. The van der Waals surface area contributed by atoms with Crippen LogP contribution in [0.1, 0.15) is 18.1 Å². The van der Waals surface area contributed by atoms with Crippen molar-refractivity contribution in [2.24, 2.45) is 0 Å². The van der Waals surface area contributed by atoms with E-state index < -0.39 is 11.8 Å². The van der Waals surface area contributed by atoms with Gasteiger partial charge in [-0.05, 0) is 24.6 Å². The van der Waals surface area contributed by atoms with E-state index in [2.05, 4.69) is 10.3 Å². The minimum Gasteiger partial charge on any atom is -0.466 e. The van der Waals surface area contributed by atoms with Crippen LogP contribution >= 0.6 is 0 Å². The number of ether oxygens (including phenoxy) is 1. The van der Waals surface area contributed by atoms with E-state index in [1.54, 1.807) is 19.1 Å². The highest BCUT2D eigenvalue weighted by Crippen LogP contribution is 2.20. The summed E-state index contributed by atoms with van der Waals surface area (Å²) in [5.74, 6) is -1.36.